The molecule has 8 nitrogen and oxygen atoms in total. The minimum absolute atomic E-state index is 0.116. The number of carbonyl (C=O) groups is 3. The topological polar surface area (TPSA) is 97.0 Å². The maximum atomic E-state index is 13.0. The summed E-state index contributed by atoms with van der Waals surface area (Å²) in [5.74, 6) is 0.208. The van der Waals surface area contributed by atoms with Gasteiger partial charge in [-0.1, -0.05) is 12.1 Å². The predicted molar refractivity (Wildman–Crippen MR) is 101 cm³/mol. The maximum absolute atomic E-state index is 13.0. The number of urea groups is 1. The van der Waals surface area contributed by atoms with Gasteiger partial charge in [-0.15, -0.1) is 11.3 Å². The van der Waals surface area contributed by atoms with E-state index in [1.54, 1.807) is 25.1 Å². The van der Waals surface area contributed by atoms with Crippen molar-refractivity contribution in [2.75, 3.05) is 13.3 Å². The van der Waals surface area contributed by atoms with Crippen LogP contribution < -0.4 is 20.1 Å². The first-order valence-electron chi connectivity index (χ1n) is 8.75. The van der Waals surface area contributed by atoms with Gasteiger partial charge >= 0.3 is 6.03 Å². The highest BCUT2D eigenvalue weighted by molar-refractivity contribution is 7.10. The molecule has 9 heteroatoms. The van der Waals surface area contributed by atoms with Crippen molar-refractivity contribution in [1.29, 1.82) is 0 Å². The smallest absolute Gasteiger partial charge is 0.325 e. The van der Waals surface area contributed by atoms with Crippen molar-refractivity contribution in [3.05, 3.63) is 46.2 Å². The van der Waals surface area contributed by atoms with Gasteiger partial charge in [0, 0.05) is 4.88 Å². The highest BCUT2D eigenvalue weighted by atomic mass is 32.1. The number of nitrogens with one attached hydrogen (secondary N) is 2. The van der Waals surface area contributed by atoms with E-state index in [4.69, 9.17) is 9.47 Å². The molecule has 0 unspecified atom stereocenters. The molecule has 2 aliphatic rings. The molecule has 2 aliphatic heterocycles. The molecular formula is C19H19N3O5S. The number of hydrogen-bond acceptors (Lipinski definition) is 6. The second-order valence-electron chi connectivity index (χ2n) is 6.82. The van der Waals surface area contributed by atoms with Crippen LogP contribution in [0.2, 0.25) is 0 Å². The molecule has 4 rings (SSSR count). The standard InChI is InChI=1S/C19H19N3O5S/c1-11(15-4-3-7-28-15)20-16(23)9-22-17(24)19(2,21-18(22)25)12-5-6-13-14(8-12)27-10-26-13/h3-8,11H,9-10H2,1-2H3,(H,20,23)(H,21,25)/t11-,19+/m0/s1. The number of rotatable bonds is 5. The number of ether oxygens (including phenoxy) is 2. The lowest BCUT2D eigenvalue weighted by Gasteiger charge is -2.22. The van der Waals surface area contributed by atoms with Gasteiger partial charge in [0.1, 0.15) is 12.1 Å². The molecule has 0 spiro atoms. The average Bonchev–Trinajstić information content (AvgIpc) is 3.39. The molecule has 1 fully saturated rings. The lowest BCUT2D eigenvalue weighted by Crippen LogP contribution is -2.43. The third-order valence-electron chi connectivity index (χ3n) is 4.87. The van der Waals surface area contributed by atoms with Gasteiger partial charge in [-0.05, 0) is 43.0 Å². The Labute approximate surface area is 165 Å². The first-order chi connectivity index (χ1) is 13.4. The van der Waals surface area contributed by atoms with Crippen molar-refractivity contribution in [2.45, 2.75) is 25.4 Å². The van der Waals surface area contributed by atoms with Crippen LogP contribution in [0.4, 0.5) is 4.79 Å². The Bertz CT molecular complexity index is 945. The Hall–Kier alpha value is -3.07. The van der Waals surface area contributed by atoms with E-state index in [0.29, 0.717) is 17.1 Å². The van der Waals surface area contributed by atoms with Crippen molar-refractivity contribution < 1.29 is 23.9 Å². The molecular weight excluding hydrogens is 382 g/mol. The number of nitrogens with zero attached hydrogens (tertiary/aromatic N) is 1. The van der Waals surface area contributed by atoms with Crippen LogP contribution in [0.5, 0.6) is 11.5 Å². The average molecular weight is 401 g/mol. The number of imide groups is 1. The van der Waals surface area contributed by atoms with Gasteiger partial charge in [0.15, 0.2) is 11.5 Å². The van der Waals surface area contributed by atoms with Gasteiger partial charge in [-0.2, -0.15) is 0 Å². The molecule has 2 N–H and O–H groups in total. The summed E-state index contributed by atoms with van der Waals surface area (Å²) in [6.07, 6.45) is 0. The normalized spacial score (nSPS) is 21.6. The van der Waals surface area contributed by atoms with Crippen LogP contribution in [0.3, 0.4) is 0 Å². The Kier molecular flexibility index (Phi) is 4.46. The van der Waals surface area contributed by atoms with E-state index in [1.807, 2.05) is 24.4 Å². The van der Waals surface area contributed by atoms with Crippen LogP contribution in [0.1, 0.15) is 30.3 Å². The molecule has 3 heterocycles. The summed E-state index contributed by atoms with van der Waals surface area (Å²) < 4.78 is 10.6. The zero-order valence-electron chi connectivity index (χ0n) is 15.4. The van der Waals surface area contributed by atoms with Crippen LogP contribution in [0, 0.1) is 0 Å². The van der Waals surface area contributed by atoms with E-state index in [2.05, 4.69) is 10.6 Å². The number of hydrogen-bond donors (Lipinski definition) is 2. The van der Waals surface area contributed by atoms with E-state index in [0.717, 1.165) is 9.78 Å². The third-order valence-corrected chi connectivity index (χ3v) is 5.93. The molecule has 146 valence electrons. The minimum Gasteiger partial charge on any atom is -0.454 e. The van der Waals surface area contributed by atoms with E-state index in [9.17, 15) is 14.4 Å². The number of amides is 4. The number of carbonyl (C=O) groups excluding carboxylic acids is 3. The summed E-state index contributed by atoms with van der Waals surface area (Å²) in [7, 11) is 0. The second-order valence-corrected chi connectivity index (χ2v) is 7.80. The van der Waals surface area contributed by atoms with Crippen molar-refractivity contribution in [3.8, 4) is 11.5 Å². The fraction of sp³-hybridized carbons (Fsp3) is 0.316. The molecule has 1 saturated heterocycles. The SMILES string of the molecule is C[C@H](NC(=O)CN1C(=O)N[C@](C)(c2ccc3c(c2)OCO3)C1=O)c1cccs1. The largest absolute Gasteiger partial charge is 0.454 e. The van der Waals surface area contributed by atoms with Gasteiger partial charge in [0.05, 0.1) is 6.04 Å². The summed E-state index contributed by atoms with van der Waals surface area (Å²) in [6.45, 7) is 3.23. The first-order valence-corrected chi connectivity index (χ1v) is 9.63. The highest BCUT2D eigenvalue weighted by Crippen LogP contribution is 2.37. The van der Waals surface area contributed by atoms with Crippen LogP contribution in [-0.4, -0.2) is 36.1 Å². The number of thiophene rings is 1. The van der Waals surface area contributed by atoms with Crippen molar-refractivity contribution in [1.82, 2.24) is 15.5 Å². The Morgan fingerprint density at radius 1 is 1.32 bits per heavy atom. The summed E-state index contributed by atoms with van der Waals surface area (Å²) in [5.41, 5.74) is -0.720. The van der Waals surface area contributed by atoms with E-state index >= 15 is 0 Å². The van der Waals surface area contributed by atoms with Crippen LogP contribution in [-0.2, 0) is 15.1 Å². The lowest BCUT2D eigenvalue weighted by molar-refractivity contribution is -0.135. The summed E-state index contributed by atoms with van der Waals surface area (Å²) in [5, 5.41) is 7.42. The number of fused-ring (bicyclic) bond motifs is 1. The number of benzene rings is 1. The molecule has 0 radical (unpaired) electrons. The molecule has 0 saturated carbocycles. The predicted octanol–water partition coefficient (Wildman–Crippen LogP) is 2.12. The quantitative estimate of drug-likeness (QED) is 0.748. The zero-order valence-corrected chi connectivity index (χ0v) is 16.2. The Morgan fingerprint density at radius 3 is 2.86 bits per heavy atom. The van der Waals surface area contributed by atoms with Gasteiger partial charge in [-0.25, -0.2) is 4.79 Å². The molecule has 2 aromatic rings. The second kappa shape index (κ2) is 6.83. The lowest BCUT2D eigenvalue weighted by atomic mass is 9.91. The van der Waals surface area contributed by atoms with Gasteiger partial charge < -0.3 is 20.1 Å². The fourth-order valence-corrected chi connectivity index (χ4v) is 4.02. The summed E-state index contributed by atoms with van der Waals surface area (Å²) in [6, 6.07) is 8.08. The van der Waals surface area contributed by atoms with Crippen LogP contribution >= 0.6 is 11.3 Å². The van der Waals surface area contributed by atoms with Crippen molar-refractivity contribution >= 4 is 29.2 Å². The monoisotopic (exact) mass is 401 g/mol. The highest BCUT2D eigenvalue weighted by Gasteiger charge is 2.49. The zero-order chi connectivity index (χ0) is 19.9. The van der Waals surface area contributed by atoms with Gasteiger partial charge in [-0.3, -0.25) is 14.5 Å². The molecule has 2 atom stereocenters. The first kappa shape index (κ1) is 18.3. The van der Waals surface area contributed by atoms with Gasteiger partial charge in [0.2, 0.25) is 12.7 Å². The van der Waals surface area contributed by atoms with E-state index in [1.165, 1.54) is 11.3 Å². The summed E-state index contributed by atoms with van der Waals surface area (Å²) in [4.78, 5) is 39.7. The molecule has 28 heavy (non-hydrogen) atoms. The minimum atomic E-state index is -1.28. The molecule has 1 aromatic carbocycles. The molecule has 4 amide bonds. The Morgan fingerprint density at radius 2 is 2.11 bits per heavy atom. The van der Waals surface area contributed by atoms with Crippen LogP contribution in [0.25, 0.3) is 0 Å². The Balaban J connectivity index is 1.48. The molecule has 0 bridgehead atoms. The molecule has 0 aliphatic carbocycles. The van der Waals surface area contributed by atoms with E-state index < -0.39 is 23.4 Å². The van der Waals surface area contributed by atoms with Gasteiger partial charge in [0.25, 0.3) is 5.91 Å². The maximum Gasteiger partial charge on any atom is 0.325 e. The van der Waals surface area contributed by atoms with Crippen molar-refractivity contribution in [3.63, 3.8) is 0 Å². The third kappa shape index (κ3) is 3.07. The van der Waals surface area contributed by atoms with Crippen LogP contribution in [0.15, 0.2) is 35.7 Å². The summed E-state index contributed by atoms with van der Waals surface area (Å²) >= 11 is 1.53. The van der Waals surface area contributed by atoms with Crippen molar-refractivity contribution in [2.24, 2.45) is 0 Å². The van der Waals surface area contributed by atoms with E-state index in [-0.39, 0.29) is 19.4 Å². The molecule has 1 aromatic heterocycles. The fourth-order valence-electron chi connectivity index (χ4n) is 3.28.